The maximum Gasteiger partial charge on any atom is 0.244 e. The van der Waals surface area contributed by atoms with Crippen molar-refractivity contribution in [1.29, 1.82) is 0 Å². The first-order valence-electron chi connectivity index (χ1n) is 7.17. The third-order valence-corrected chi connectivity index (χ3v) is 4.70. The van der Waals surface area contributed by atoms with Crippen LogP contribution >= 0.6 is 0 Å². The number of hydrogen-bond acceptors (Lipinski definition) is 5. The second-order valence-electron chi connectivity index (χ2n) is 4.84. The van der Waals surface area contributed by atoms with Gasteiger partial charge in [-0.05, 0) is 24.3 Å². The summed E-state index contributed by atoms with van der Waals surface area (Å²) in [6.45, 7) is -0.154. The van der Waals surface area contributed by atoms with E-state index in [0.29, 0.717) is 5.75 Å². The molecule has 0 amide bonds. The molecule has 0 atom stereocenters. The summed E-state index contributed by atoms with van der Waals surface area (Å²) in [6.07, 6.45) is 0. The minimum atomic E-state index is -3.87. The normalized spacial score (nSPS) is 11.2. The highest BCUT2D eigenvalue weighted by atomic mass is 32.2. The molecule has 2 aromatic carbocycles. The quantitative estimate of drug-likeness (QED) is 0.719. The Morgan fingerprint density at radius 2 is 1.68 bits per heavy atom. The fourth-order valence-corrected chi connectivity index (χ4v) is 3.18. The van der Waals surface area contributed by atoms with Crippen molar-refractivity contribution in [2.45, 2.75) is 4.90 Å². The summed E-state index contributed by atoms with van der Waals surface area (Å²) in [4.78, 5) is -0.0813. The maximum absolute atomic E-state index is 13.1. The van der Waals surface area contributed by atoms with Crippen LogP contribution in [0.3, 0.4) is 0 Å². The first-order valence-corrected chi connectivity index (χ1v) is 8.65. The Balaban J connectivity index is 2.00. The van der Waals surface area contributed by atoms with Crippen LogP contribution in [-0.2, 0) is 10.0 Å². The molecule has 2 rings (SSSR count). The average molecular weight is 373 g/mol. The summed E-state index contributed by atoms with van der Waals surface area (Å²) in [5.74, 6) is -1.41. The third kappa shape index (κ3) is 4.80. The second-order valence-corrected chi connectivity index (χ2v) is 6.57. The van der Waals surface area contributed by atoms with Gasteiger partial charge in [-0.2, -0.15) is 0 Å². The smallest absolute Gasteiger partial charge is 0.244 e. The fourth-order valence-electron chi connectivity index (χ4n) is 1.98. The number of nitrogens with one attached hydrogen (secondary N) is 1. The lowest BCUT2D eigenvalue weighted by Crippen LogP contribution is -2.28. The number of hydrogen-bond donors (Lipinski definition) is 1. The Labute approximate surface area is 144 Å². The number of sulfonamides is 1. The topological polar surface area (TPSA) is 73.9 Å². The van der Waals surface area contributed by atoms with Gasteiger partial charge in [0, 0.05) is 18.7 Å². The molecule has 0 heterocycles. The zero-order valence-electron chi connectivity index (χ0n) is 13.6. The molecule has 0 aliphatic rings. The van der Waals surface area contributed by atoms with E-state index in [0.717, 1.165) is 12.1 Å². The molecular weight excluding hydrogens is 356 g/mol. The van der Waals surface area contributed by atoms with Crippen LogP contribution < -0.4 is 18.9 Å². The largest absolute Gasteiger partial charge is 0.497 e. The van der Waals surface area contributed by atoms with Crippen LogP contribution in [0.4, 0.5) is 8.78 Å². The highest BCUT2D eigenvalue weighted by Gasteiger charge is 2.20. The van der Waals surface area contributed by atoms with E-state index in [4.69, 9.17) is 14.2 Å². The molecule has 0 aliphatic carbocycles. The lowest BCUT2D eigenvalue weighted by molar-refractivity contribution is 0.319. The van der Waals surface area contributed by atoms with E-state index < -0.39 is 21.7 Å². The molecule has 0 radical (unpaired) electrons. The molecule has 2 aromatic rings. The van der Waals surface area contributed by atoms with Crippen LogP contribution in [0.1, 0.15) is 0 Å². The highest BCUT2D eigenvalue weighted by Crippen LogP contribution is 2.27. The predicted molar refractivity (Wildman–Crippen MR) is 86.6 cm³/mol. The van der Waals surface area contributed by atoms with Crippen LogP contribution in [0.25, 0.3) is 0 Å². The predicted octanol–water partition coefficient (Wildman–Crippen LogP) is 2.34. The Morgan fingerprint density at radius 1 is 0.960 bits per heavy atom. The zero-order valence-corrected chi connectivity index (χ0v) is 14.4. The summed E-state index contributed by atoms with van der Waals surface area (Å²) < 4.78 is 68.2. The van der Waals surface area contributed by atoms with Gasteiger partial charge in [-0.1, -0.05) is 0 Å². The van der Waals surface area contributed by atoms with Crippen molar-refractivity contribution in [1.82, 2.24) is 4.72 Å². The van der Waals surface area contributed by atoms with Crippen molar-refractivity contribution in [3.63, 3.8) is 0 Å². The molecular formula is C16H17F2NO5S. The Hall–Kier alpha value is -2.39. The van der Waals surface area contributed by atoms with Crippen LogP contribution in [0.15, 0.2) is 41.3 Å². The van der Waals surface area contributed by atoms with Crippen molar-refractivity contribution in [2.75, 3.05) is 27.4 Å². The van der Waals surface area contributed by atoms with Gasteiger partial charge in [0.15, 0.2) is 11.6 Å². The molecule has 136 valence electrons. The molecule has 0 aliphatic heterocycles. The van der Waals surface area contributed by atoms with Crippen molar-refractivity contribution >= 4 is 10.0 Å². The molecule has 0 spiro atoms. The molecule has 1 N–H and O–H groups in total. The molecule has 25 heavy (non-hydrogen) atoms. The number of halogens is 2. The van der Waals surface area contributed by atoms with E-state index in [1.807, 2.05) is 0 Å². The van der Waals surface area contributed by atoms with Crippen LogP contribution in [-0.4, -0.2) is 35.8 Å². The summed E-state index contributed by atoms with van der Waals surface area (Å²) in [7, 11) is -1.10. The first-order chi connectivity index (χ1) is 11.9. The zero-order chi connectivity index (χ0) is 18.4. The molecule has 0 aromatic heterocycles. The molecule has 0 saturated heterocycles. The molecule has 6 nitrogen and oxygen atoms in total. The number of rotatable bonds is 8. The van der Waals surface area contributed by atoms with Crippen molar-refractivity contribution in [3.05, 3.63) is 48.0 Å². The van der Waals surface area contributed by atoms with E-state index >= 15 is 0 Å². The molecule has 9 heteroatoms. The molecule has 0 unspecified atom stereocenters. The van der Waals surface area contributed by atoms with Gasteiger partial charge in [0.25, 0.3) is 0 Å². The summed E-state index contributed by atoms with van der Waals surface area (Å²) >= 11 is 0. The van der Waals surface area contributed by atoms with E-state index in [2.05, 4.69) is 4.72 Å². The lowest BCUT2D eigenvalue weighted by Gasteiger charge is -2.12. The first kappa shape index (κ1) is 18.9. The van der Waals surface area contributed by atoms with Gasteiger partial charge < -0.3 is 14.2 Å². The van der Waals surface area contributed by atoms with E-state index in [9.17, 15) is 17.2 Å². The average Bonchev–Trinajstić information content (AvgIpc) is 2.61. The van der Waals surface area contributed by atoms with Crippen LogP contribution in [0, 0.1) is 11.6 Å². The van der Waals surface area contributed by atoms with Crippen LogP contribution in [0.5, 0.6) is 17.2 Å². The van der Waals surface area contributed by atoms with Gasteiger partial charge in [-0.3, -0.25) is 0 Å². The maximum atomic E-state index is 13.1. The Kier molecular flexibility index (Phi) is 6.16. The SMILES string of the molecule is COc1ccc(OC)c(S(=O)(=O)NCCOc2ccc(F)c(F)c2)c1. The van der Waals surface area contributed by atoms with Crippen molar-refractivity contribution in [2.24, 2.45) is 0 Å². The monoisotopic (exact) mass is 373 g/mol. The Bertz CT molecular complexity index is 842. The van der Waals surface area contributed by atoms with Gasteiger partial charge >= 0.3 is 0 Å². The van der Waals surface area contributed by atoms with Gasteiger partial charge in [0.2, 0.25) is 10.0 Å². The van der Waals surface area contributed by atoms with Gasteiger partial charge in [0.1, 0.15) is 28.8 Å². The van der Waals surface area contributed by atoms with Crippen LogP contribution in [0.2, 0.25) is 0 Å². The summed E-state index contributed by atoms with van der Waals surface area (Å²) in [5.41, 5.74) is 0. The second kappa shape index (κ2) is 8.13. The van der Waals surface area contributed by atoms with Gasteiger partial charge in [-0.25, -0.2) is 21.9 Å². The minimum Gasteiger partial charge on any atom is -0.497 e. The van der Waals surface area contributed by atoms with Crippen molar-refractivity contribution in [3.8, 4) is 17.2 Å². The third-order valence-electron chi connectivity index (χ3n) is 3.21. The molecule has 0 bridgehead atoms. The van der Waals surface area contributed by atoms with Gasteiger partial charge in [-0.15, -0.1) is 0 Å². The molecule has 0 saturated carbocycles. The molecule has 0 fully saturated rings. The summed E-state index contributed by atoms with van der Waals surface area (Å²) in [6, 6.07) is 7.44. The lowest BCUT2D eigenvalue weighted by atomic mass is 10.3. The number of methoxy groups -OCH3 is 2. The van der Waals surface area contributed by atoms with E-state index in [-0.39, 0.29) is 29.5 Å². The number of ether oxygens (including phenoxy) is 3. The van der Waals surface area contributed by atoms with Gasteiger partial charge in [0.05, 0.1) is 14.2 Å². The van der Waals surface area contributed by atoms with Crippen molar-refractivity contribution < 1.29 is 31.4 Å². The number of benzene rings is 2. The van der Waals surface area contributed by atoms with E-state index in [1.165, 1.54) is 32.4 Å². The fraction of sp³-hybridized carbons (Fsp3) is 0.250. The minimum absolute atomic E-state index is 0.0728. The standard InChI is InChI=1S/C16H17F2NO5S/c1-22-11-4-6-15(23-2)16(10-11)25(20,21)19-7-8-24-12-3-5-13(17)14(18)9-12/h3-6,9-10,19H,7-8H2,1-2H3. The summed E-state index contributed by atoms with van der Waals surface area (Å²) in [5, 5.41) is 0. The van der Waals surface area contributed by atoms with E-state index in [1.54, 1.807) is 6.07 Å². The highest BCUT2D eigenvalue weighted by molar-refractivity contribution is 7.89. The Morgan fingerprint density at radius 3 is 2.32 bits per heavy atom.